The van der Waals surface area contributed by atoms with E-state index in [1.54, 1.807) is 18.2 Å². The number of nitrogens with two attached hydrogens (primary N) is 1. The van der Waals surface area contributed by atoms with Crippen molar-refractivity contribution in [3.05, 3.63) is 23.8 Å². The van der Waals surface area contributed by atoms with Crippen LogP contribution in [0.2, 0.25) is 0 Å². The molecule has 1 aliphatic carbocycles. The van der Waals surface area contributed by atoms with Crippen molar-refractivity contribution >= 4 is 17.3 Å². The molecule has 1 aromatic carbocycles. The summed E-state index contributed by atoms with van der Waals surface area (Å²) < 4.78 is 4.80. The molecule has 0 bridgehead atoms. The van der Waals surface area contributed by atoms with Gasteiger partial charge in [0.15, 0.2) is 0 Å². The number of benzene rings is 1. The molecule has 0 radical (unpaired) electrons. The van der Waals surface area contributed by atoms with Crippen LogP contribution in [0.3, 0.4) is 0 Å². The zero-order valence-electron chi connectivity index (χ0n) is 11.8. The van der Waals surface area contributed by atoms with Crippen LogP contribution in [0.5, 0.6) is 0 Å². The summed E-state index contributed by atoms with van der Waals surface area (Å²) in [6.45, 7) is 4.54. The van der Waals surface area contributed by atoms with Gasteiger partial charge in [0.2, 0.25) is 0 Å². The lowest BCUT2D eigenvalue weighted by molar-refractivity contribution is 0.0602. The SMILES string of the molecule is COC(=O)c1cccc(N)c1NC1CCC(C)(C)C1. The number of nitrogens with one attached hydrogen (secondary N) is 1. The molecule has 104 valence electrons. The Morgan fingerprint density at radius 1 is 1.47 bits per heavy atom. The Kier molecular flexibility index (Phi) is 3.69. The van der Waals surface area contributed by atoms with Gasteiger partial charge in [-0.05, 0) is 36.8 Å². The van der Waals surface area contributed by atoms with Crippen molar-refractivity contribution in [2.24, 2.45) is 5.41 Å². The number of esters is 1. The Labute approximate surface area is 114 Å². The Morgan fingerprint density at radius 2 is 2.21 bits per heavy atom. The third-order valence-electron chi connectivity index (χ3n) is 3.82. The van der Waals surface area contributed by atoms with E-state index >= 15 is 0 Å². The van der Waals surface area contributed by atoms with Gasteiger partial charge >= 0.3 is 5.97 Å². The van der Waals surface area contributed by atoms with Crippen LogP contribution in [0.1, 0.15) is 43.5 Å². The van der Waals surface area contributed by atoms with Crippen molar-refractivity contribution in [3.8, 4) is 0 Å². The number of rotatable bonds is 3. The van der Waals surface area contributed by atoms with Crippen molar-refractivity contribution in [3.63, 3.8) is 0 Å². The zero-order chi connectivity index (χ0) is 14.0. The maximum Gasteiger partial charge on any atom is 0.340 e. The predicted octanol–water partition coefficient (Wildman–Crippen LogP) is 3.05. The quantitative estimate of drug-likeness (QED) is 0.649. The first-order valence-corrected chi connectivity index (χ1v) is 6.66. The van der Waals surface area contributed by atoms with Crippen molar-refractivity contribution in [2.45, 2.75) is 39.2 Å². The molecule has 0 heterocycles. The van der Waals surface area contributed by atoms with E-state index < -0.39 is 0 Å². The smallest absolute Gasteiger partial charge is 0.340 e. The van der Waals surface area contributed by atoms with Gasteiger partial charge in [-0.25, -0.2) is 4.79 Å². The van der Waals surface area contributed by atoms with Crippen molar-refractivity contribution in [1.82, 2.24) is 0 Å². The van der Waals surface area contributed by atoms with Crippen LogP contribution in [-0.4, -0.2) is 19.1 Å². The molecule has 4 nitrogen and oxygen atoms in total. The molecule has 0 aromatic heterocycles. The van der Waals surface area contributed by atoms with E-state index in [2.05, 4.69) is 19.2 Å². The molecule has 1 aromatic rings. The van der Waals surface area contributed by atoms with E-state index in [9.17, 15) is 4.79 Å². The second-order valence-corrected chi connectivity index (χ2v) is 6.01. The second-order valence-electron chi connectivity index (χ2n) is 6.01. The Balaban J connectivity index is 2.22. The van der Waals surface area contributed by atoms with E-state index in [1.165, 1.54) is 13.5 Å². The molecule has 1 saturated carbocycles. The first kappa shape index (κ1) is 13.7. The van der Waals surface area contributed by atoms with Crippen molar-refractivity contribution in [1.29, 1.82) is 0 Å². The fourth-order valence-corrected chi connectivity index (χ4v) is 2.77. The fraction of sp³-hybridized carbons (Fsp3) is 0.533. The standard InChI is InChI=1S/C15H22N2O2/c1-15(2)8-7-10(9-15)17-13-11(14(18)19-3)5-4-6-12(13)16/h4-6,10,17H,7-9,16H2,1-3H3. The van der Waals surface area contributed by atoms with E-state index in [1.807, 2.05) is 0 Å². The van der Waals surface area contributed by atoms with Gasteiger partial charge in [-0.1, -0.05) is 19.9 Å². The minimum Gasteiger partial charge on any atom is -0.465 e. The minimum absolute atomic E-state index is 0.354. The van der Waals surface area contributed by atoms with Crippen molar-refractivity contribution in [2.75, 3.05) is 18.2 Å². The molecule has 0 amide bonds. The Hall–Kier alpha value is -1.71. The highest BCUT2D eigenvalue weighted by atomic mass is 16.5. The van der Waals surface area contributed by atoms with Crippen LogP contribution in [0.4, 0.5) is 11.4 Å². The molecule has 2 rings (SSSR count). The lowest BCUT2D eigenvalue weighted by Crippen LogP contribution is -2.20. The molecule has 0 spiro atoms. The van der Waals surface area contributed by atoms with Gasteiger partial charge in [-0.2, -0.15) is 0 Å². The Morgan fingerprint density at radius 3 is 2.79 bits per heavy atom. The molecule has 1 unspecified atom stereocenters. The van der Waals surface area contributed by atoms with Crippen molar-refractivity contribution < 1.29 is 9.53 Å². The van der Waals surface area contributed by atoms with Gasteiger partial charge in [0.25, 0.3) is 0 Å². The number of nitrogen functional groups attached to an aromatic ring is 1. The first-order valence-electron chi connectivity index (χ1n) is 6.66. The van der Waals surface area contributed by atoms with Crippen LogP contribution in [0.25, 0.3) is 0 Å². The molecule has 1 fully saturated rings. The maximum atomic E-state index is 11.8. The topological polar surface area (TPSA) is 64.3 Å². The third-order valence-corrected chi connectivity index (χ3v) is 3.82. The third kappa shape index (κ3) is 3.00. The number of anilines is 2. The predicted molar refractivity (Wildman–Crippen MR) is 77.2 cm³/mol. The second kappa shape index (κ2) is 5.11. The monoisotopic (exact) mass is 262 g/mol. The van der Waals surface area contributed by atoms with E-state index in [0.29, 0.717) is 28.4 Å². The maximum absolute atomic E-state index is 11.8. The summed E-state index contributed by atoms with van der Waals surface area (Å²) in [5.41, 5.74) is 8.15. The van der Waals surface area contributed by atoms with Gasteiger partial charge in [-0.15, -0.1) is 0 Å². The summed E-state index contributed by atoms with van der Waals surface area (Å²) in [5.74, 6) is -0.355. The summed E-state index contributed by atoms with van der Waals surface area (Å²) >= 11 is 0. The van der Waals surface area contributed by atoms with Crippen LogP contribution < -0.4 is 11.1 Å². The van der Waals surface area contributed by atoms with Gasteiger partial charge in [0.1, 0.15) is 0 Å². The number of para-hydroxylation sites is 1. The van der Waals surface area contributed by atoms with E-state index in [-0.39, 0.29) is 5.97 Å². The minimum atomic E-state index is -0.355. The number of hydrogen-bond acceptors (Lipinski definition) is 4. The number of methoxy groups -OCH3 is 1. The number of carbonyl (C=O) groups excluding carboxylic acids is 1. The highest BCUT2D eigenvalue weighted by molar-refractivity contribution is 5.98. The lowest BCUT2D eigenvalue weighted by atomic mass is 9.92. The summed E-state index contributed by atoms with van der Waals surface area (Å²) in [6.07, 6.45) is 3.37. The molecular weight excluding hydrogens is 240 g/mol. The van der Waals surface area contributed by atoms with E-state index in [4.69, 9.17) is 10.5 Å². The normalized spacial score (nSPS) is 21.1. The van der Waals surface area contributed by atoms with Crippen LogP contribution in [-0.2, 0) is 4.74 Å². The largest absolute Gasteiger partial charge is 0.465 e. The number of carbonyl (C=O) groups is 1. The molecule has 4 heteroatoms. The summed E-state index contributed by atoms with van der Waals surface area (Å²) in [7, 11) is 1.38. The summed E-state index contributed by atoms with van der Waals surface area (Å²) in [4.78, 5) is 11.8. The van der Waals surface area contributed by atoms with Gasteiger partial charge in [-0.3, -0.25) is 0 Å². The van der Waals surface area contributed by atoms with Crippen LogP contribution in [0, 0.1) is 5.41 Å². The average molecular weight is 262 g/mol. The molecule has 1 atom stereocenters. The number of hydrogen-bond donors (Lipinski definition) is 2. The fourth-order valence-electron chi connectivity index (χ4n) is 2.77. The number of ether oxygens (including phenoxy) is 1. The molecular formula is C15H22N2O2. The molecule has 19 heavy (non-hydrogen) atoms. The highest BCUT2D eigenvalue weighted by Crippen LogP contribution is 2.39. The molecule has 0 aliphatic heterocycles. The Bertz CT molecular complexity index is 483. The van der Waals surface area contributed by atoms with E-state index in [0.717, 1.165) is 12.8 Å². The molecule has 3 N–H and O–H groups in total. The lowest BCUT2D eigenvalue weighted by Gasteiger charge is -2.20. The first-order chi connectivity index (χ1) is 8.93. The van der Waals surface area contributed by atoms with Crippen LogP contribution in [0.15, 0.2) is 18.2 Å². The summed E-state index contributed by atoms with van der Waals surface area (Å²) in [6, 6.07) is 5.67. The molecule has 1 aliphatic rings. The molecule has 0 saturated heterocycles. The summed E-state index contributed by atoms with van der Waals surface area (Å²) in [5, 5.41) is 3.42. The van der Waals surface area contributed by atoms with Gasteiger partial charge in [0.05, 0.1) is 24.0 Å². The van der Waals surface area contributed by atoms with Gasteiger partial charge < -0.3 is 15.8 Å². The highest BCUT2D eigenvalue weighted by Gasteiger charge is 2.31. The van der Waals surface area contributed by atoms with Crippen LogP contribution >= 0.6 is 0 Å². The average Bonchev–Trinajstić information content (AvgIpc) is 2.70. The zero-order valence-corrected chi connectivity index (χ0v) is 11.8. The van der Waals surface area contributed by atoms with Gasteiger partial charge in [0, 0.05) is 6.04 Å².